The van der Waals surface area contributed by atoms with E-state index in [2.05, 4.69) is 9.88 Å². The van der Waals surface area contributed by atoms with Crippen molar-refractivity contribution in [3.05, 3.63) is 58.4 Å². The number of carbonyl (C=O) groups excluding carboxylic acids is 2. The molecule has 1 unspecified atom stereocenters. The summed E-state index contributed by atoms with van der Waals surface area (Å²) in [5, 5.41) is 6.89. The molecule has 0 aliphatic heterocycles. The van der Waals surface area contributed by atoms with Gasteiger partial charge in [0.15, 0.2) is 5.78 Å². The highest BCUT2D eigenvalue weighted by Gasteiger charge is 2.28. The Morgan fingerprint density at radius 3 is 2.11 bits per heavy atom. The van der Waals surface area contributed by atoms with Crippen molar-refractivity contribution in [1.82, 2.24) is 14.8 Å². The van der Waals surface area contributed by atoms with Crippen LogP contribution in [0.5, 0.6) is 0 Å². The average molecular weight is 387 g/mol. The first-order chi connectivity index (χ1) is 13.1. The van der Waals surface area contributed by atoms with Crippen molar-refractivity contribution in [1.29, 1.82) is 0 Å². The van der Waals surface area contributed by atoms with E-state index < -0.39 is 0 Å². The second kappa shape index (κ2) is 10.4. The minimum absolute atomic E-state index is 0.0600. The fraction of sp³-hybridized carbons (Fsp3) is 0.381. The Bertz CT molecular complexity index is 813. The fourth-order valence-corrected chi connectivity index (χ4v) is 3.21. The minimum atomic E-state index is -0.250. The molecule has 1 aromatic heterocycles. The lowest BCUT2D eigenvalue weighted by Crippen LogP contribution is -2.37. The number of ketones is 1. The van der Waals surface area contributed by atoms with Gasteiger partial charge in [-0.05, 0) is 39.1 Å². The number of H-pyrrole nitrogens is 1. The number of nitrogens with zero attached hydrogens (tertiary/aromatic N) is 2. The zero-order valence-corrected chi connectivity index (χ0v) is 17.3. The van der Waals surface area contributed by atoms with Crippen LogP contribution in [-0.2, 0) is 4.79 Å². The van der Waals surface area contributed by atoms with Crippen LogP contribution in [0.15, 0.2) is 30.3 Å². The van der Waals surface area contributed by atoms with E-state index >= 15 is 0 Å². The van der Waals surface area contributed by atoms with Crippen LogP contribution in [0.1, 0.15) is 50.6 Å². The Balaban J connectivity index is 0.00000122. The zero-order chi connectivity index (χ0) is 21.4. The molecule has 7 nitrogen and oxygen atoms in total. The number of carboxylic acid groups (broad SMARTS) is 1. The normalized spacial score (nSPS) is 11.4. The molecule has 0 bridgehead atoms. The van der Waals surface area contributed by atoms with Crippen molar-refractivity contribution in [2.24, 2.45) is 0 Å². The Morgan fingerprint density at radius 1 is 1.14 bits per heavy atom. The van der Waals surface area contributed by atoms with Gasteiger partial charge in [0.1, 0.15) is 0 Å². The fourth-order valence-electron chi connectivity index (χ4n) is 3.21. The van der Waals surface area contributed by atoms with Gasteiger partial charge in [-0.2, -0.15) is 0 Å². The lowest BCUT2D eigenvalue weighted by Gasteiger charge is -2.31. The van der Waals surface area contributed by atoms with Gasteiger partial charge in [0.25, 0.3) is 12.4 Å². The number of Topliss-reactive ketones (excluding diaryl/α,β-unsaturated/α-hetero) is 1. The van der Waals surface area contributed by atoms with Gasteiger partial charge in [-0.3, -0.25) is 14.4 Å². The Hall–Kier alpha value is -2.93. The maximum Gasteiger partial charge on any atom is 0.290 e. The van der Waals surface area contributed by atoms with E-state index in [0.29, 0.717) is 17.8 Å². The van der Waals surface area contributed by atoms with E-state index in [9.17, 15) is 9.59 Å². The molecule has 0 radical (unpaired) electrons. The summed E-state index contributed by atoms with van der Waals surface area (Å²) < 4.78 is 0. The zero-order valence-electron chi connectivity index (χ0n) is 17.3. The van der Waals surface area contributed by atoms with Gasteiger partial charge in [-0.1, -0.05) is 30.3 Å². The number of carbonyl (C=O) groups is 3. The molecule has 1 heterocycles. The Morgan fingerprint density at radius 2 is 1.68 bits per heavy atom. The van der Waals surface area contributed by atoms with E-state index in [4.69, 9.17) is 9.90 Å². The van der Waals surface area contributed by atoms with Crippen molar-refractivity contribution in [2.45, 2.75) is 26.8 Å². The lowest BCUT2D eigenvalue weighted by molar-refractivity contribution is -0.122. The number of amides is 1. The number of benzene rings is 1. The van der Waals surface area contributed by atoms with Crippen LogP contribution in [0.2, 0.25) is 0 Å². The minimum Gasteiger partial charge on any atom is -0.483 e. The number of hydrogen-bond acceptors (Lipinski definition) is 4. The summed E-state index contributed by atoms with van der Waals surface area (Å²) in [6.07, 6.45) is 0. The van der Waals surface area contributed by atoms with Gasteiger partial charge in [0.05, 0.1) is 17.3 Å². The first kappa shape index (κ1) is 23.1. The van der Waals surface area contributed by atoms with Crippen LogP contribution in [0.3, 0.4) is 0 Å². The quantitative estimate of drug-likeness (QED) is 0.587. The maximum absolute atomic E-state index is 13.2. The maximum atomic E-state index is 13.2. The summed E-state index contributed by atoms with van der Waals surface area (Å²) in [5.74, 6) is -0.135. The van der Waals surface area contributed by atoms with Crippen LogP contribution in [0, 0.1) is 13.8 Å². The van der Waals surface area contributed by atoms with E-state index in [1.165, 1.54) is 6.92 Å². The molecule has 2 rings (SSSR count). The molecule has 7 heteroatoms. The number of aromatic amines is 1. The highest BCUT2D eigenvalue weighted by molar-refractivity contribution is 6.02. The van der Waals surface area contributed by atoms with Crippen molar-refractivity contribution in [3.8, 4) is 0 Å². The number of aromatic nitrogens is 1. The molecule has 2 N–H and O–H groups in total. The molecule has 0 spiro atoms. The first-order valence-electron chi connectivity index (χ1n) is 8.90. The third-order valence-electron chi connectivity index (χ3n) is 4.51. The summed E-state index contributed by atoms with van der Waals surface area (Å²) in [6.45, 7) is 5.64. The van der Waals surface area contributed by atoms with Crippen LogP contribution in [0.25, 0.3) is 0 Å². The summed E-state index contributed by atoms with van der Waals surface area (Å²) in [5.41, 5.74) is 3.64. The summed E-state index contributed by atoms with van der Waals surface area (Å²) in [4.78, 5) is 40.2. The molecule has 0 saturated heterocycles. The van der Waals surface area contributed by atoms with Gasteiger partial charge in [-0.15, -0.1) is 0 Å². The molecule has 152 valence electrons. The van der Waals surface area contributed by atoms with Gasteiger partial charge in [0, 0.05) is 26.2 Å². The van der Waals surface area contributed by atoms with Gasteiger partial charge in [0.2, 0.25) is 0 Å². The van der Waals surface area contributed by atoms with E-state index in [1.807, 2.05) is 65.3 Å². The monoisotopic (exact) mass is 387 g/mol. The van der Waals surface area contributed by atoms with Gasteiger partial charge >= 0.3 is 0 Å². The standard InChI is InChI=1S/C20H27N3O2.CH2O2/c1-13-18(14(2)21-19(13)15(3)24)20(25)23(6)17(12-22(4)5)16-10-8-7-9-11-16;2-1-3/h7-11,17,21H,12H2,1-6H3;1H,(H,2,3). The molecule has 1 aromatic carbocycles. The number of nitrogens with one attached hydrogen (secondary N) is 1. The van der Waals surface area contributed by atoms with Crippen molar-refractivity contribution < 1.29 is 19.5 Å². The molecular formula is C21H29N3O4. The van der Waals surface area contributed by atoms with Crippen LogP contribution < -0.4 is 0 Å². The Kier molecular flexibility index (Phi) is 8.60. The number of likely N-dealkylation sites (N-methyl/N-ethyl adjacent to an activating group) is 2. The Labute approximate surface area is 166 Å². The van der Waals surface area contributed by atoms with Gasteiger partial charge in [-0.25, -0.2) is 0 Å². The second-order valence-corrected chi connectivity index (χ2v) is 6.89. The molecule has 2 aromatic rings. The highest BCUT2D eigenvalue weighted by atomic mass is 16.3. The van der Waals surface area contributed by atoms with Crippen molar-refractivity contribution in [2.75, 3.05) is 27.7 Å². The summed E-state index contributed by atoms with van der Waals surface area (Å²) >= 11 is 0. The number of hydrogen-bond donors (Lipinski definition) is 2. The number of rotatable bonds is 6. The molecule has 0 saturated carbocycles. The van der Waals surface area contributed by atoms with Gasteiger partial charge < -0.3 is 19.9 Å². The lowest BCUT2D eigenvalue weighted by atomic mass is 10.0. The van der Waals surface area contributed by atoms with Crippen molar-refractivity contribution in [3.63, 3.8) is 0 Å². The third-order valence-corrected chi connectivity index (χ3v) is 4.51. The highest BCUT2D eigenvalue weighted by Crippen LogP contribution is 2.26. The summed E-state index contributed by atoms with van der Waals surface area (Å²) in [7, 11) is 5.81. The average Bonchev–Trinajstić information content (AvgIpc) is 2.94. The summed E-state index contributed by atoms with van der Waals surface area (Å²) in [6, 6.07) is 9.94. The molecular weight excluding hydrogens is 358 g/mol. The molecule has 0 aliphatic carbocycles. The molecule has 0 fully saturated rings. The smallest absolute Gasteiger partial charge is 0.290 e. The SMILES string of the molecule is CC(=O)c1[nH]c(C)c(C(=O)N(C)C(CN(C)C)c2ccccc2)c1C.O=CO. The predicted octanol–water partition coefficient (Wildman–Crippen LogP) is 2.91. The molecule has 1 amide bonds. The predicted molar refractivity (Wildman–Crippen MR) is 109 cm³/mol. The van der Waals surface area contributed by atoms with Crippen LogP contribution >= 0.6 is 0 Å². The van der Waals surface area contributed by atoms with Crippen LogP contribution in [0.4, 0.5) is 0 Å². The van der Waals surface area contributed by atoms with E-state index in [-0.39, 0.29) is 24.2 Å². The van der Waals surface area contributed by atoms with E-state index in [1.54, 1.807) is 4.90 Å². The molecule has 0 aliphatic rings. The topological polar surface area (TPSA) is 93.7 Å². The second-order valence-electron chi connectivity index (χ2n) is 6.89. The molecule has 1 atom stereocenters. The van der Waals surface area contributed by atoms with E-state index in [0.717, 1.165) is 16.8 Å². The largest absolute Gasteiger partial charge is 0.483 e. The van der Waals surface area contributed by atoms with Crippen molar-refractivity contribution >= 4 is 18.2 Å². The third kappa shape index (κ3) is 5.53. The first-order valence-corrected chi connectivity index (χ1v) is 8.90. The molecule has 28 heavy (non-hydrogen) atoms. The van der Waals surface area contributed by atoms with Crippen LogP contribution in [-0.4, -0.2) is 65.7 Å². The number of aryl methyl sites for hydroxylation is 1.